The maximum absolute atomic E-state index is 12.0. The number of halogens is 4. The number of rotatable bonds is 0. The van der Waals surface area contributed by atoms with E-state index in [1.54, 1.807) is 23.5 Å². The molecule has 0 atom stereocenters. The molecule has 0 unspecified atom stereocenters. The second-order valence-corrected chi connectivity index (χ2v) is 8.83. The first kappa shape index (κ1) is 22.0. The highest BCUT2D eigenvalue weighted by Crippen LogP contribution is 2.28. The predicted octanol–water partition coefficient (Wildman–Crippen LogP) is 3.55. The molecule has 2 aromatic carbocycles. The Balaban J connectivity index is 0.000000166. The zero-order valence-corrected chi connectivity index (χ0v) is 20.3. The zero-order valence-electron chi connectivity index (χ0n) is 15.6. The van der Waals surface area contributed by atoms with Crippen molar-refractivity contribution >= 4 is 76.6 Å². The lowest BCUT2D eigenvalue weighted by molar-refractivity contribution is -0.755. The van der Waals surface area contributed by atoms with Crippen LogP contribution in [0.25, 0.3) is 21.5 Å². The van der Waals surface area contributed by atoms with Crippen LogP contribution in [0.2, 0.25) is 10.0 Å². The van der Waals surface area contributed by atoms with Gasteiger partial charge in [-0.05, 0) is 56.1 Å². The van der Waals surface area contributed by atoms with Gasteiger partial charge in [0.1, 0.15) is 0 Å². The molecule has 6 nitrogen and oxygen atoms in total. The van der Waals surface area contributed by atoms with Crippen molar-refractivity contribution in [3.05, 3.63) is 76.4 Å². The van der Waals surface area contributed by atoms with Crippen LogP contribution in [0.1, 0.15) is 0 Å². The van der Waals surface area contributed by atoms with E-state index in [9.17, 15) is 9.59 Å². The van der Waals surface area contributed by atoms with Crippen LogP contribution in [-0.2, 0) is 21.1 Å². The minimum absolute atomic E-state index is 0.0960. The van der Waals surface area contributed by atoms with E-state index in [2.05, 4.69) is 37.0 Å². The summed E-state index contributed by atoms with van der Waals surface area (Å²) in [6.45, 7) is 0. The highest BCUT2D eigenvalue weighted by atomic mass is 79.9. The molecule has 0 spiro atoms. The van der Waals surface area contributed by atoms with Gasteiger partial charge in [0.15, 0.2) is 14.1 Å². The maximum atomic E-state index is 12.0. The van der Waals surface area contributed by atoms with Crippen molar-refractivity contribution < 1.29 is 9.36 Å². The minimum atomic E-state index is -0.184. The fraction of sp³-hybridized carbons (Fsp3) is 0.158. The standard InChI is InChI=1S/C10H9BrClN2O.C9H6BrClN2O/c1-13-5-6-3-4-7(11)9(12)8(6)10(15)14(13)2;1-13-4-5-2-3-6(10)8(11)7(5)9(14)12-13/h3-5H,1-2H3;2-4H,1H3/q+1;/p+1. The van der Waals surface area contributed by atoms with Gasteiger partial charge >= 0.3 is 11.1 Å². The molecule has 4 rings (SSSR count). The summed E-state index contributed by atoms with van der Waals surface area (Å²) in [5.74, 6) is 0. The third-order valence-electron chi connectivity index (χ3n) is 4.40. The van der Waals surface area contributed by atoms with Gasteiger partial charge in [-0.3, -0.25) is 9.59 Å². The molecule has 0 amide bonds. The summed E-state index contributed by atoms with van der Waals surface area (Å²) in [5, 5.41) is 6.28. The van der Waals surface area contributed by atoms with Crippen molar-refractivity contribution in [3.8, 4) is 0 Å². The van der Waals surface area contributed by atoms with E-state index in [4.69, 9.17) is 23.2 Å². The summed E-state index contributed by atoms with van der Waals surface area (Å²) in [7, 11) is 5.28. The number of hydrogen-bond acceptors (Lipinski definition) is 2. The largest absolute Gasteiger partial charge is 0.309 e. The van der Waals surface area contributed by atoms with Crippen molar-refractivity contribution in [3.63, 3.8) is 0 Å². The van der Waals surface area contributed by atoms with Gasteiger partial charge in [0.2, 0.25) is 12.4 Å². The van der Waals surface area contributed by atoms with Gasteiger partial charge in [-0.15, -0.1) is 19.1 Å². The number of fused-ring (bicyclic) bond motifs is 2. The molecule has 0 bridgehead atoms. The third kappa shape index (κ3) is 4.26. The molecule has 10 heteroatoms. The monoisotopic (exact) mass is 560 g/mol. The molecule has 29 heavy (non-hydrogen) atoms. The normalized spacial score (nSPS) is 10.9. The van der Waals surface area contributed by atoms with Crippen LogP contribution in [0, 0.1) is 0 Å². The molecule has 0 saturated heterocycles. The summed E-state index contributed by atoms with van der Waals surface area (Å²) in [5.41, 5.74) is -0.280. The van der Waals surface area contributed by atoms with Crippen LogP contribution in [-0.4, -0.2) is 9.78 Å². The lowest BCUT2D eigenvalue weighted by Gasteiger charge is -2.03. The average Bonchev–Trinajstić information content (AvgIpc) is 2.66. The van der Waals surface area contributed by atoms with Crippen LogP contribution in [0.15, 0.2) is 55.2 Å². The molecule has 0 aliphatic carbocycles. The molecule has 0 fully saturated rings. The quantitative estimate of drug-likeness (QED) is 0.333. The second-order valence-electron chi connectivity index (χ2n) is 6.36. The number of hydrogen-bond donors (Lipinski definition) is 1. The highest BCUT2D eigenvalue weighted by Gasteiger charge is 2.14. The number of aryl methyl sites for hydroxylation is 2. The molecule has 150 valence electrons. The van der Waals surface area contributed by atoms with Crippen molar-refractivity contribution in [1.29, 1.82) is 0 Å². The van der Waals surface area contributed by atoms with E-state index in [1.807, 2.05) is 43.7 Å². The van der Waals surface area contributed by atoms with E-state index in [-0.39, 0.29) is 11.1 Å². The molecule has 0 radical (unpaired) electrons. The van der Waals surface area contributed by atoms with Gasteiger partial charge in [-0.25, -0.2) is 0 Å². The van der Waals surface area contributed by atoms with Crippen molar-refractivity contribution in [1.82, 2.24) is 9.78 Å². The summed E-state index contributed by atoms with van der Waals surface area (Å²) in [4.78, 5) is 23.5. The minimum Gasteiger partial charge on any atom is -0.263 e. The summed E-state index contributed by atoms with van der Waals surface area (Å²) < 4.78 is 6.32. The Morgan fingerprint density at radius 2 is 1.41 bits per heavy atom. The molecule has 0 aliphatic heterocycles. The Bertz CT molecular complexity index is 1380. The van der Waals surface area contributed by atoms with Crippen molar-refractivity contribution in [2.75, 3.05) is 0 Å². The predicted molar refractivity (Wildman–Crippen MR) is 122 cm³/mol. The number of H-pyrrole nitrogens is 1. The fourth-order valence-electron chi connectivity index (χ4n) is 2.84. The van der Waals surface area contributed by atoms with Crippen LogP contribution in [0.3, 0.4) is 0 Å². The fourth-order valence-corrected chi connectivity index (χ4v) is 4.02. The van der Waals surface area contributed by atoms with Gasteiger partial charge in [0.05, 0.1) is 38.6 Å². The van der Waals surface area contributed by atoms with Crippen molar-refractivity contribution in [2.24, 2.45) is 21.1 Å². The van der Waals surface area contributed by atoms with Crippen molar-refractivity contribution in [2.45, 2.75) is 0 Å². The average molecular weight is 563 g/mol. The Morgan fingerprint density at radius 1 is 0.897 bits per heavy atom. The first-order valence-corrected chi connectivity index (χ1v) is 10.7. The Hall–Kier alpha value is -1.74. The zero-order chi connectivity index (χ0) is 21.5. The van der Waals surface area contributed by atoms with Crippen LogP contribution >= 0.6 is 55.1 Å². The maximum Gasteiger partial charge on any atom is 0.309 e. The number of nitrogens with one attached hydrogen (secondary N) is 1. The highest BCUT2D eigenvalue weighted by molar-refractivity contribution is 9.10. The third-order valence-corrected chi connectivity index (χ3v) is 6.96. The smallest absolute Gasteiger partial charge is 0.263 e. The molecule has 2 heterocycles. The molecule has 0 aliphatic rings. The van der Waals surface area contributed by atoms with E-state index < -0.39 is 0 Å². The SMILES string of the molecule is C[n+]1cc2ccc(Br)c(Cl)c2c(=O)[nH]1.Cn1c(=O)c2c(Cl)c(Br)ccc2c[n+]1C. The Kier molecular flexibility index (Phi) is 6.48. The van der Waals surface area contributed by atoms with Gasteiger partial charge in [-0.2, -0.15) is 0 Å². The molecule has 2 aromatic heterocycles. The number of aromatic amines is 1. The topological polar surface area (TPSA) is 62.6 Å². The summed E-state index contributed by atoms with van der Waals surface area (Å²) >= 11 is 18.7. The van der Waals surface area contributed by atoms with Crippen LogP contribution < -0.4 is 20.5 Å². The van der Waals surface area contributed by atoms with E-state index in [0.717, 1.165) is 19.7 Å². The second kappa shape index (κ2) is 8.55. The van der Waals surface area contributed by atoms with Gasteiger partial charge < -0.3 is 0 Å². The summed E-state index contributed by atoms with van der Waals surface area (Å²) in [6.07, 6.45) is 3.68. The molecule has 0 saturated carbocycles. The molecular formula is C19H16Br2Cl2N4O2+2. The number of nitrogens with zero attached hydrogens (tertiary/aromatic N) is 3. The molecule has 4 aromatic rings. The number of benzene rings is 2. The molecule has 1 N–H and O–H groups in total. The van der Waals surface area contributed by atoms with E-state index in [1.165, 1.54) is 4.68 Å². The summed E-state index contributed by atoms with van der Waals surface area (Å²) in [6, 6.07) is 7.38. The lowest BCUT2D eigenvalue weighted by atomic mass is 10.2. The Labute approximate surface area is 192 Å². The first-order valence-electron chi connectivity index (χ1n) is 8.32. The first-order chi connectivity index (χ1) is 13.6. The van der Waals surface area contributed by atoms with Crippen LogP contribution in [0.5, 0.6) is 0 Å². The Morgan fingerprint density at radius 3 is 2.00 bits per heavy atom. The molecular weight excluding hydrogens is 547 g/mol. The van der Waals surface area contributed by atoms with Gasteiger partial charge in [0.25, 0.3) is 0 Å². The number of aromatic nitrogens is 4. The lowest BCUT2D eigenvalue weighted by Crippen LogP contribution is -2.47. The van der Waals surface area contributed by atoms with Gasteiger partial charge in [-0.1, -0.05) is 23.2 Å². The van der Waals surface area contributed by atoms with E-state index in [0.29, 0.717) is 20.8 Å². The van der Waals surface area contributed by atoms with Crippen LogP contribution in [0.4, 0.5) is 0 Å². The van der Waals surface area contributed by atoms with E-state index >= 15 is 0 Å². The van der Waals surface area contributed by atoms with Gasteiger partial charge in [0, 0.05) is 8.95 Å².